The molecule has 1 rings (SSSR count). The smallest absolute Gasteiger partial charge is 0.550 e. The molecule has 0 radical (unpaired) electrons. The summed E-state index contributed by atoms with van der Waals surface area (Å²) >= 11 is 0. The van der Waals surface area contributed by atoms with Gasteiger partial charge >= 0.3 is 59.1 Å². The van der Waals surface area contributed by atoms with Gasteiger partial charge in [0.05, 0.1) is 12.0 Å². The maximum Gasteiger partial charge on any atom is 1.00 e. The molecule has 1 aromatic rings. The molecule has 0 aliphatic rings. The summed E-state index contributed by atoms with van der Waals surface area (Å²) in [6.45, 7) is 0. The van der Waals surface area contributed by atoms with Gasteiger partial charge in [-0.1, -0.05) is 18.2 Å². The van der Waals surface area contributed by atoms with E-state index in [1.165, 1.54) is 0 Å². The maximum absolute atomic E-state index is 10.7. The topological polar surface area (TPSA) is 92.3 Å². The van der Waals surface area contributed by atoms with E-state index in [2.05, 4.69) is 5.32 Å². The zero-order chi connectivity index (χ0) is 12.0. The number of nitrogens with one attached hydrogen (secondary N) is 1. The van der Waals surface area contributed by atoms with Crippen molar-refractivity contribution in [1.29, 1.82) is 0 Å². The molecule has 0 spiro atoms. The number of carbonyl (C=O) groups is 2. The van der Waals surface area contributed by atoms with E-state index < -0.39 is 18.0 Å². The molecular formula is C11H11NNa2O4. The Labute approximate surface area is 150 Å². The molecule has 0 saturated heterocycles. The molecule has 1 aromatic carbocycles. The quantitative estimate of drug-likeness (QED) is 0.517. The van der Waals surface area contributed by atoms with Gasteiger partial charge in [-0.25, -0.2) is 0 Å². The minimum atomic E-state index is -1.33. The Morgan fingerprint density at radius 2 is 1.67 bits per heavy atom. The summed E-state index contributed by atoms with van der Waals surface area (Å²) in [6.07, 6.45) is -0.391. The number of rotatable bonds is 6. The number of benzene rings is 1. The molecule has 0 aliphatic carbocycles. The third-order valence-electron chi connectivity index (χ3n) is 2.04. The van der Waals surface area contributed by atoms with Crippen molar-refractivity contribution < 1.29 is 78.9 Å². The number of hydrogen-bond acceptors (Lipinski definition) is 5. The first-order valence-electron chi connectivity index (χ1n) is 4.82. The average molecular weight is 267 g/mol. The van der Waals surface area contributed by atoms with Gasteiger partial charge in [0, 0.05) is 11.7 Å². The summed E-state index contributed by atoms with van der Waals surface area (Å²) in [7, 11) is 0. The predicted octanol–water partition coefficient (Wildman–Crippen LogP) is -7.24. The Balaban J connectivity index is 0. The normalized spacial score (nSPS) is 10.4. The van der Waals surface area contributed by atoms with Crippen molar-refractivity contribution >= 4 is 17.6 Å². The molecule has 1 N–H and O–H groups in total. The van der Waals surface area contributed by atoms with Gasteiger partial charge in [0.25, 0.3) is 0 Å². The standard InChI is InChI=1S/C11H13NO4.2Na/c13-10(14)7-6-9(11(15)16)12-8-4-2-1-3-5-8;;/h1-5,9,12H,6-7H2,(H,13,14)(H,15,16);;/q;2*+1/p-2. The van der Waals surface area contributed by atoms with Crippen LogP contribution in [-0.4, -0.2) is 18.0 Å². The van der Waals surface area contributed by atoms with Crippen molar-refractivity contribution in [1.82, 2.24) is 0 Å². The SMILES string of the molecule is O=C([O-])CCC(Nc1ccccc1)C(=O)[O-].[Na+].[Na+]. The van der Waals surface area contributed by atoms with Crippen LogP contribution in [0.15, 0.2) is 30.3 Å². The Kier molecular flexibility index (Phi) is 12.2. The van der Waals surface area contributed by atoms with Crippen LogP contribution in [0.1, 0.15) is 12.8 Å². The van der Waals surface area contributed by atoms with Crippen LogP contribution in [-0.2, 0) is 9.59 Å². The van der Waals surface area contributed by atoms with Gasteiger partial charge in [-0.05, 0) is 25.0 Å². The van der Waals surface area contributed by atoms with Crippen LogP contribution in [0.2, 0.25) is 0 Å². The summed E-state index contributed by atoms with van der Waals surface area (Å²) < 4.78 is 0. The van der Waals surface area contributed by atoms with Crippen molar-refractivity contribution in [3.05, 3.63) is 30.3 Å². The number of carbonyl (C=O) groups excluding carboxylic acids is 2. The van der Waals surface area contributed by atoms with Crippen LogP contribution in [0.3, 0.4) is 0 Å². The Morgan fingerprint density at radius 3 is 2.11 bits per heavy atom. The largest absolute Gasteiger partial charge is 1.00 e. The fourth-order valence-electron chi connectivity index (χ4n) is 1.25. The number of carboxylic acid groups (broad SMARTS) is 2. The Morgan fingerprint density at radius 1 is 1.11 bits per heavy atom. The molecule has 0 saturated carbocycles. The first kappa shape index (κ1) is 20.3. The van der Waals surface area contributed by atoms with Crippen LogP contribution in [0.4, 0.5) is 5.69 Å². The van der Waals surface area contributed by atoms with Gasteiger partial charge in [-0.2, -0.15) is 0 Å². The van der Waals surface area contributed by atoms with Crippen molar-refractivity contribution in [2.45, 2.75) is 18.9 Å². The van der Waals surface area contributed by atoms with E-state index in [1.54, 1.807) is 30.3 Å². The number of aliphatic carboxylic acids is 2. The third kappa shape index (κ3) is 8.13. The Hall–Kier alpha value is -0.0400. The summed E-state index contributed by atoms with van der Waals surface area (Å²) in [5.41, 5.74) is 0.607. The molecule has 0 aromatic heterocycles. The zero-order valence-electron chi connectivity index (χ0n) is 10.5. The molecular weight excluding hydrogens is 256 g/mol. The van der Waals surface area contributed by atoms with E-state index in [0.29, 0.717) is 5.69 Å². The first-order valence-corrected chi connectivity index (χ1v) is 4.82. The number of para-hydroxylation sites is 1. The van der Waals surface area contributed by atoms with Crippen molar-refractivity contribution in [2.24, 2.45) is 0 Å². The molecule has 86 valence electrons. The van der Waals surface area contributed by atoms with Crippen molar-refractivity contribution in [3.63, 3.8) is 0 Å². The van der Waals surface area contributed by atoms with E-state index in [-0.39, 0.29) is 72.0 Å². The molecule has 0 bridgehead atoms. The van der Waals surface area contributed by atoms with Gasteiger partial charge in [0.1, 0.15) is 0 Å². The fraction of sp³-hybridized carbons (Fsp3) is 0.273. The average Bonchev–Trinajstić information content (AvgIpc) is 2.25. The molecule has 7 heteroatoms. The molecule has 18 heavy (non-hydrogen) atoms. The van der Waals surface area contributed by atoms with E-state index in [1.807, 2.05) is 0 Å². The minimum absolute atomic E-state index is 0. The first-order chi connectivity index (χ1) is 7.59. The minimum Gasteiger partial charge on any atom is -0.550 e. The molecule has 1 atom stereocenters. The van der Waals surface area contributed by atoms with Gasteiger partial charge in [0.2, 0.25) is 0 Å². The molecule has 0 heterocycles. The van der Waals surface area contributed by atoms with Crippen molar-refractivity contribution in [2.75, 3.05) is 5.32 Å². The number of carboxylic acids is 2. The molecule has 1 unspecified atom stereocenters. The summed E-state index contributed by atoms with van der Waals surface area (Å²) in [5.74, 6) is -2.61. The van der Waals surface area contributed by atoms with Gasteiger partial charge in [0.15, 0.2) is 0 Å². The van der Waals surface area contributed by atoms with E-state index in [4.69, 9.17) is 0 Å². The summed E-state index contributed by atoms with van der Waals surface area (Å²) in [5, 5.41) is 23.6. The van der Waals surface area contributed by atoms with E-state index in [9.17, 15) is 19.8 Å². The summed E-state index contributed by atoms with van der Waals surface area (Å²) in [6, 6.07) is 7.63. The van der Waals surface area contributed by atoms with Crippen LogP contribution in [0.5, 0.6) is 0 Å². The number of hydrogen-bond donors (Lipinski definition) is 1. The zero-order valence-corrected chi connectivity index (χ0v) is 14.5. The van der Waals surface area contributed by atoms with Crippen LogP contribution >= 0.6 is 0 Å². The second kappa shape index (κ2) is 10.8. The summed E-state index contributed by atoms with van der Waals surface area (Å²) in [4.78, 5) is 21.0. The van der Waals surface area contributed by atoms with Crippen LogP contribution < -0.4 is 74.6 Å². The monoisotopic (exact) mass is 267 g/mol. The maximum atomic E-state index is 10.7. The van der Waals surface area contributed by atoms with E-state index >= 15 is 0 Å². The van der Waals surface area contributed by atoms with Gasteiger partial charge in [-0.15, -0.1) is 0 Å². The second-order valence-electron chi connectivity index (χ2n) is 3.29. The molecule has 0 fully saturated rings. The fourth-order valence-corrected chi connectivity index (χ4v) is 1.25. The van der Waals surface area contributed by atoms with Gasteiger partial charge in [-0.3, -0.25) is 0 Å². The third-order valence-corrected chi connectivity index (χ3v) is 2.04. The van der Waals surface area contributed by atoms with Crippen LogP contribution in [0, 0.1) is 0 Å². The number of anilines is 1. The van der Waals surface area contributed by atoms with Gasteiger partial charge < -0.3 is 25.1 Å². The second-order valence-corrected chi connectivity index (χ2v) is 3.29. The Bertz CT molecular complexity index is 373. The predicted molar refractivity (Wildman–Crippen MR) is 53.1 cm³/mol. The molecule has 0 aliphatic heterocycles. The van der Waals surface area contributed by atoms with Crippen LogP contribution in [0.25, 0.3) is 0 Å². The van der Waals surface area contributed by atoms with Crippen molar-refractivity contribution in [3.8, 4) is 0 Å². The van der Waals surface area contributed by atoms with E-state index in [0.717, 1.165) is 0 Å². The molecule has 5 nitrogen and oxygen atoms in total. The molecule has 0 amide bonds.